The van der Waals surface area contributed by atoms with Crippen LogP contribution in [0.3, 0.4) is 0 Å². The summed E-state index contributed by atoms with van der Waals surface area (Å²) in [5, 5.41) is 7.37. The summed E-state index contributed by atoms with van der Waals surface area (Å²) < 4.78 is 2.44. The maximum absolute atomic E-state index is 2.44. The minimum absolute atomic E-state index is 1.10. The molecule has 0 unspecified atom stereocenters. The standard InChI is InChI=1S/C56H38N2/c1-3-15-39(16-4-1)40-29-31-41(32-30-40)42-33-35-47(36-34-42)57(53-28-14-19-43-17-7-9-24-49(43)53)48-23-13-20-44(37-48)52-38-45-18-8-10-25-50(45)56-55(52)51-26-11-12-27-54(51)58(56)46-21-5-2-6-22-46/h1-38H. The van der Waals surface area contributed by atoms with Gasteiger partial charge in [0, 0.05) is 38.6 Å². The highest BCUT2D eigenvalue weighted by atomic mass is 15.1. The van der Waals surface area contributed by atoms with Gasteiger partial charge in [0.25, 0.3) is 0 Å². The van der Waals surface area contributed by atoms with Crippen molar-refractivity contribution < 1.29 is 0 Å². The summed E-state index contributed by atoms with van der Waals surface area (Å²) in [6.45, 7) is 0. The lowest BCUT2D eigenvalue weighted by Gasteiger charge is -2.27. The van der Waals surface area contributed by atoms with Gasteiger partial charge < -0.3 is 9.47 Å². The zero-order chi connectivity index (χ0) is 38.4. The van der Waals surface area contributed by atoms with E-state index in [0.717, 1.165) is 22.7 Å². The Labute approximate surface area is 338 Å². The Morgan fingerprint density at radius 2 is 0.862 bits per heavy atom. The summed E-state index contributed by atoms with van der Waals surface area (Å²) in [5.41, 5.74) is 14.1. The van der Waals surface area contributed by atoms with E-state index in [9.17, 15) is 0 Å². The Balaban J connectivity index is 1.09. The summed E-state index contributed by atoms with van der Waals surface area (Å²) in [7, 11) is 0. The van der Waals surface area contributed by atoms with E-state index in [-0.39, 0.29) is 0 Å². The Morgan fingerprint density at radius 1 is 0.328 bits per heavy atom. The van der Waals surface area contributed by atoms with Gasteiger partial charge in [-0.3, -0.25) is 0 Å². The van der Waals surface area contributed by atoms with Crippen LogP contribution in [0.4, 0.5) is 17.1 Å². The molecule has 0 bridgehead atoms. The first kappa shape index (κ1) is 33.6. The Hall–Kier alpha value is -7.68. The van der Waals surface area contributed by atoms with Gasteiger partial charge in [-0.2, -0.15) is 0 Å². The number of anilines is 3. The molecule has 2 nitrogen and oxygen atoms in total. The van der Waals surface area contributed by atoms with Crippen molar-refractivity contribution in [1.82, 2.24) is 4.57 Å². The molecule has 272 valence electrons. The molecule has 2 heteroatoms. The normalized spacial score (nSPS) is 11.4. The van der Waals surface area contributed by atoms with Crippen LogP contribution in [-0.2, 0) is 0 Å². The molecule has 1 aromatic heterocycles. The summed E-state index contributed by atoms with van der Waals surface area (Å²) in [5.74, 6) is 0. The molecule has 11 aromatic rings. The van der Waals surface area contributed by atoms with Gasteiger partial charge in [-0.05, 0) is 98.8 Å². The molecule has 0 saturated carbocycles. The minimum Gasteiger partial charge on any atom is -0.310 e. The molecule has 0 aliphatic rings. The second-order valence-corrected chi connectivity index (χ2v) is 14.9. The third kappa shape index (κ3) is 5.74. The van der Waals surface area contributed by atoms with Gasteiger partial charge in [-0.25, -0.2) is 0 Å². The highest BCUT2D eigenvalue weighted by Crippen LogP contribution is 2.45. The number of aromatic nitrogens is 1. The molecule has 11 rings (SSSR count). The number of rotatable bonds is 7. The first-order valence-corrected chi connectivity index (χ1v) is 19.9. The molecule has 0 spiro atoms. The second-order valence-electron chi connectivity index (χ2n) is 14.9. The van der Waals surface area contributed by atoms with Gasteiger partial charge in [-0.15, -0.1) is 0 Å². The van der Waals surface area contributed by atoms with E-state index in [0.29, 0.717) is 0 Å². The second kappa shape index (κ2) is 14.1. The maximum Gasteiger partial charge on any atom is 0.0625 e. The third-order valence-corrected chi connectivity index (χ3v) is 11.5. The predicted octanol–water partition coefficient (Wildman–Crippen LogP) is 15.6. The highest BCUT2D eigenvalue weighted by Gasteiger charge is 2.21. The van der Waals surface area contributed by atoms with Gasteiger partial charge >= 0.3 is 0 Å². The van der Waals surface area contributed by atoms with Crippen molar-refractivity contribution in [2.75, 3.05) is 4.90 Å². The van der Waals surface area contributed by atoms with Gasteiger partial charge in [-0.1, -0.05) is 176 Å². The van der Waals surface area contributed by atoms with E-state index in [4.69, 9.17) is 0 Å². The van der Waals surface area contributed by atoms with Crippen LogP contribution in [-0.4, -0.2) is 4.57 Å². The maximum atomic E-state index is 2.44. The zero-order valence-corrected chi connectivity index (χ0v) is 31.8. The van der Waals surface area contributed by atoms with Crippen LogP contribution in [0.25, 0.3) is 82.4 Å². The molecule has 0 radical (unpaired) electrons. The average Bonchev–Trinajstić information content (AvgIpc) is 3.66. The fourth-order valence-electron chi connectivity index (χ4n) is 8.84. The summed E-state index contributed by atoms with van der Waals surface area (Å²) in [6, 6.07) is 83.6. The van der Waals surface area contributed by atoms with E-state index < -0.39 is 0 Å². The van der Waals surface area contributed by atoms with E-state index in [2.05, 4.69) is 240 Å². The topological polar surface area (TPSA) is 8.17 Å². The van der Waals surface area contributed by atoms with Crippen LogP contribution in [0.5, 0.6) is 0 Å². The average molecular weight is 739 g/mol. The van der Waals surface area contributed by atoms with Crippen LogP contribution >= 0.6 is 0 Å². The van der Waals surface area contributed by atoms with Gasteiger partial charge in [0.2, 0.25) is 0 Å². The lowest BCUT2D eigenvalue weighted by molar-refractivity contribution is 1.19. The number of nitrogens with zero attached hydrogens (tertiary/aromatic N) is 2. The molecular weight excluding hydrogens is 701 g/mol. The molecule has 0 amide bonds. The molecule has 1 heterocycles. The lowest BCUT2D eigenvalue weighted by Crippen LogP contribution is -2.10. The molecule has 10 aromatic carbocycles. The van der Waals surface area contributed by atoms with Crippen molar-refractivity contribution in [2.45, 2.75) is 0 Å². The Bertz CT molecular complexity index is 3250. The van der Waals surface area contributed by atoms with Crippen LogP contribution in [0.1, 0.15) is 0 Å². The fraction of sp³-hybridized carbons (Fsp3) is 0. The van der Waals surface area contributed by atoms with E-state index in [1.165, 1.54) is 76.7 Å². The molecule has 0 atom stereocenters. The number of hydrogen-bond acceptors (Lipinski definition) is 1. The lowest BCUT2D eigenvalue weighted by atomic mass is 9.94. The Kier molecular flexibility index (Phi) is 8.19. The minimum atomic E-state index is 1.10. The van der Waals surface area contributed by atoms with Crippen LogP contribution in [0.2, 0.25) is 0 Å². The molecule has 0 aliphatic carbocycles. The molecule has 0 N–H and O–H groups in total. The largest absolute Gasteiger partial charge is 0.310 e. The van der Waals surface area contributed by atoms with Crippen molar-refractivity contribution in [2.24, 2.45) is 0 Å². The smallest absolute Gasteiger partial charge is 0.0625 e. The summed E-state index contributed by atoms with van der Waals surface area (Å²) in [4.78, 5) is 2.42. The van der Waals surface area contributed by atoms with Crippen molar-refractivity contribution in [3.63, 3.8) is 0 Å². The van der Waals surface area contributed by atoms with E-state index in [1.807, 2.05) is 0 Å². The SMILES string of the molecule is c1ccc(-c2ccc(-c3ccc(N(c4cccc(-c5cc6ccccc6c6c5c5ccccc5n6-c5ccccc5)c4)c4cccc5ccccc45)cc3)cc2)cc1. The van der Waals surface area contributed by atoms with Crippen LogP contribution in [0.15, 0.2) is 231 Å². The first-order chi connectivity index (χ1) is 28.8. The number of fused-ring (bicyclic) bond motifs is 6. The fourth-order valence-corrected chi connectivity index (χ4v) is 8.84. The van der Waals surface area contributed by atoms with Crippen LogP contribution < -0.4 is 4.90 Å². The van der Waals surface area contributed by atoms with Crippen molar-refractivity contribution in [3.8, 4) is 39.1 Å². The number of para-hydroxylation sites is 2. The molecular formula is C56H38N2. The quantitative estimate of drug-likeness (QED) is 0.158. The van der Waals surface area contributed by atoms with Crippen molar-refractivity contribution in [1.29, 1.82) is 0 Å². The van der Waals surface area contributed by atoms with Gasteiger partial charge in [0.15, 0.2) is 0 Å². The first-order valence-electron chi connectivity index (χ1n) is 19.9. The van der Waals surface area contributed by atoms with E-state index in [1.54, 1.807) is 0 Å². The Morgan fingerprint density at radius 3 is 1.60 bits per heavy atom. The van der Waals surface area contributed by atoms with Crippen molar-refractivity contribution in [3.05, 3.63) is 231 Å². The zero-order valence-electron chi connectivity index (χ0n) is 31.8. The third-order valence-electron chi connectivity index (χ3n) is 11.5. The van der Waals surface area contributed by atoms with Gasteiger partial charge in [0.05, 0.1) is 16.7 Å². The molecule has 58 heavy (non-hydrogen) atoms. The van der Waals surface area contributed by atoms with Gasteiger partial charge in [0.1, 0.15) is 0 Å². The van der Waals surface area contributed by atoms with Crippen LogP contribution in [0, 0.1) is 0 Å². The molecule has 0 fully saturated rings. The number of benzene rings is 10. The molecule has 0 saturated heterocycles. The highest BCUT2D eigenvalue weighted by molar-refractivity contribution is 6.24. The predicted molar refractivity (Wildman–Crippen MR) is 247 cm³/mol. The number of hydrogen-bond donors (Lipinski definition) is 0. The molecule has 0 aliphatic heterocycles. The summed E-state index contributed by atoms with van der Waals surface area (Å²) >= 11 is 0. The monoisotopic (exact) mass is 738 g/mol. The van der Waals surface area contributed by atoms with E-state index >= 15 is 0 Å². The summed E-state index contributed by atoms with van der Waals surface area (Å²) in [6.07, 6.45) is 0. The van der Waals surface area contributed by atoms with Crippen molar-refractivity contribution >= 4 is 60.4 Å².